The van der Waals surface area contributed by atoms with Crippen molar-refractivity contribution in [3.8, 4) is 0 Å². The first kappa shape index (κ1) is 34.7. The van der Waals surface area contributed by atoms with Crippen molar-refractivity contribution in [2.75, 3.05) is 0 Å². The molecule has 0 aromatic heterocycles. The average Bonchev–Trinajstić information content (AvgIpc) is 3.64. The van der Waals surface area contributed by atoms with E-state index in [9.17, 15) is 24.6 Å². The minimum Gasteiger partial charge on any atom is -0.462 e. The van der Waals surface area contributed by atoms with Gasteiger partial charge in [-0.2, -0.15) is 0 Å². The number of hydrogen-bond donors (Lipinski definition) is 2. The van der Waals surface area contributed by atoms with E-state index >= 15 is 0 Å². The zero-order valence-corrected chi connectivity index (χ0v) is 25.9. The Labute approximate surface area is 244 Å². The van der Waals surface area contributed by atoms with Crippen LogP contribution in [-0.2, 0) is 33.3 Å². The smallest absolute Gasteiger partial charge is 0.310 e. The summed E-state index contributed by atoms with van der Waals surface area (Å²) in [5.74, 6) is -1.54. The summed E-state index contributed by atoms with van der Waals surface area (Å²) in [7, 11) is 0. The predicted octanol–water partition coefficient (Wildman–Crippen LogP) is 4.59. The van der Waals surface area contributed by atoms with Crippen molar-refractivity contribution < 1.29 is 43.5 Å². The molecule has 0 amide bonds. The maximum atomic E-state index is 12.9. The first-order chi connectivity index (χ1) is 19.1. The number of carbonyl (C=O) groups is 3. The first-order valence-corrected chi connectivity index (χ1v) is 14.8. The van der Waals surface area contributed by atoms with Crippen LogP contribution in [0.5, 0.6) is 0 Å². The molecule has 1 saturated heterocycles. The fourth-order valence-electron chi connectivity index (χ4n) is 5.29. The van der Waals surface area contributed by atoms with Gasteiger partial charge in [0.2, 0.25) is 0 Å². The van der Waals surface area contributed by atoms with Gasteiger partial charge in [-0.3, -0.25) is 14.4 Å². The van der Waals surface area contributed by atoms with Crippen molar-refractivity contribution >= 4 is 17.9 Å². The van der Waals surface area contributed by atoms with Crippen molar-refractivity contribution in [2.45, 2.75) is 130 Å². The third-order valence-corrected chi connectivity index (χ3v) is 7.95. The summed E-state index contributed by atoms with van der Waals surface area (Å²) >= 11 is 0. The highest BCUT2D eigenvalue weighted by Gasteiger charge is 2.45. The zero-order chi connectivity index (χ0) is 30.9. The number of carbonyl (C=O) groups excluding carboxylic acids is 3. The van der Waals surface area contributed by atoms with Gasteiger partial charge >= 0.3 is 17.9 Å². The van der Waals surface area contributed by atoms with Crippen molar-refractivity contribution in [2.24, 2.45) is 17.8 Å². The summed E-state index contributed by atoms with van der Waals surface area (Å²) in [5.41, 5.74) is -0.643. The maximum absolute atomic E-state index is 12.9. The Bertz CT molecular complexity index is 982. The van der Waals surface area contributed by atoms with Gasteiger partial charge in [0.1, 0.15) is 23.9 Å². The summed E-state index contributed by atoms with van der Waals surface area (Å²) in [6.07, 6.45) is 8.57. The van der Waals surface area contributed by atoms with Crippen molar-refractivity contribution in [1.29, 1.82) is 0 Å². The van der Waals surface area contributed by atoms with Crippen molar-refractivity contribution in [3.05, 3.63) is 36.0 Å². The molecular formula is C32H50O9. The fraction of sp³-hybridized carbons (Fsp3) is 0.719. The lowest BCUT2D eigenvalue weighted by Gasteiger charge is -2.33. The molecule has 41 heavy (non-hydrogen) atoms. The largest absolute Gasteiger partial charge is 0.462 e. The lowest BCUT2D eigenvalue weighted by molar-refractivity contribution is -0.160. The average molecular weight is 579 g/mol. The number of ether oxygens (including phenoxy) is 4. The van der Waals surface area contributed by atoms with Crippen LogP contribution < -0.4 is 0 Å². The first-order valence-electron chi connectivity index (χ1n) is 14.8. The number of aliphatic hydroxyl groups is 2. The van der Waals surface area contributed by atoms with Crippen LogP contribution in [-0.4, -0.2) is 70.3 Å². The standard InChI is InChI=1S/C32H50O9/c1-9-26(35)22(5)31-27(40-31)17-19(2)11-10-12-20(3)30-21(4)13-14-28(39-24(7)34)32(8,37)16-15-25(38-23(6)33)18-29(36)41-30/h10-14,19,21-22,25-28,30-31,35,37H,9,15-18H2,1-8H3/b11-10+,14-13-,20-12+. The summed E-state index contributed by atoms with van der Waals surface area (Å²) < 4.78 is 22.5. The third kappa shape index (κ3) is 11.4. The number of allylic oxidation sites excluding steroid dienone is 3. The lowest BCUT2D eigenvalue weighted by atomic mass is 9.88. The van der Waals surface area contributed by atoms with Crippen LogP contribution >= 0.6 is 0 Å². The molecule has 2 N–H and O–H groups in total. The van der Waals surface area contributed by atoms with Crippen LogP contribution in [0.15, 0.2) is 36.0 Å². The Morgan fingerprint density at radius 1 is 1.17 bits per heavy atom. The highest BCUT2D eigenvalue weighted by Crippen LogP contribution is 2.36. The molecule has 9 nitrogen and oxygen atoms in total. The van der Waals surface area contributed by atoms with E-state index in [0.717, 1.165) is 12.0 Å². The van der Waals surface area contributed by atoms with Crippen LogP contribution in [0.25, 0.3) is 0 Å². The molecule has 9 heteroatoms. The van der Waals surface area contributed by atoms with Gasteiger partial charge in [-0.1, -0.05) is 52.0 Å². The Balaban J connectivity index is 2.20. The topological polar surface area (TPSA) is 132 Å². The molecule has 0 radical (unpaired) electrons. The predicted molar refractivity (Wildman–Crippen MR) is 155 cm³/mol. The van der Waals surface area contributed by atoms with Gasteiger partial charge in [0.25, 0.3) is 0 Å². The minimum atomic E-state index is -1.45. The zero-order valence-electron chi connectivity index (χ0n) is 25.9. The Morgan fingerprint density at radius 3 is 2.44 bits per heavy atom. The van der Waals surface area contributed by atoms with Gasteiger partial charge < -0.3 is 29.2 Å². The molecule has 0 saturated carbocycles. The quantitative estimate of drug-likeness (QED) is 0.126. The molecule has 2 heterocycles. The van der Waals surface area contributed by atoms with Crippen molar-refractivity contribution in [3.63, 3.8) is 0 Å². The van der Waals surface area contributed by atoms with Gasteiger partial charge in [-0.15, -0.1) is 0 Å². The molecule has 2 rings (SSSR count). The maximum Gasteiger partial charge on any atom is 0.310 e. The van der Waals surface area contributed by atoms with Gasteiger partial charge in [0.05, 0.1) is 24.7 Å². The second-order valence-electron chi connectivity index (χ2n) is 12.0. The van der Waals surface area contributed by atoms with Crippen LogP contribution in [0.4, 0.5) is 0 Å². The number of cyclic esters (lactones) is 1. The Hall–Kier alpha value is -2.49. The van der Waals surface area contributed by atoms with Gasteiger partial charge in [0.15, 0.2) is 0 Å². The molecular weight excluding hydrogens is 528 g/mol. The number of rotatable bonds is 10. The normalized spacial score (nSPS) is 34.4. The van der Waals surface area contributed by atoms with Crippen LogP contribution in [0.1, 0.15) is 87.5 Å². The van der Waals surface area contributed by atoms with E-state index in [0.29, 0.717) is 6.42 Å². The molecule has 2 aliphatic rings. The molecule has 10 unspecified atom stereocenters. The van der Waals surface area contributed by atoms with E-state index < -0.39 is 41.8 Å². The summed E-state index contributed by atoms with van der Waals surface area (Å²) in [4.78, 5) is 36.4. The Kier molecular flexibility index (Phi) is 13.3. The van der Waals surface area contributed by atoms with Crippen molar-refractivity contribution in [1.82, 2.24) is 0 Å². The van der Waals surface area contributed by atoms with E-state index in [1.807, 2.05) is 39.8 Å². The molecule has 0 bridgehead atoms. The minimum absolute atomic E-state index is 0.0914. The van der Waals surface area contributed by atoms with Crippen LogP contribution in [0.3, 0.4) is 0 Å². The van der Waals surface area contributed by atoms with Gasteiger partial charge in [-0.25, -0.2) is 0 Å². The van der Waals surface area contributed by atoms with Gasteiger partial charge in [-0.05, 0) is 57.1 Å². The molecule has 0 aromatic rings. The van der Waals surface area contributed by atoms with E-state index in [1.54, 1.807) is 19.1 Å². The summed E-state index contributed by atoms with van der Waals surface area (Å²) in [5, 5.41) is 21.2. The molecule has 1 fully saturated rings. The second-order valence-corrected chi connectivity index (χ2v) is 12.0. The molecule has 0 aliphatic carbocycles. The molecule has 0 aromatic carbocycles. The van der Waals surface area contributed by atoms with E-state index in [1.165, 1.54) is 13.8 Å². The third-order valence-electron chi connectivity index (χ3n) is 7.95. The van der Waals surface area contributed by atoms with Gasteiger partial charge in [0, 0.05) is 25.7 Å². The highest BCUT2D eigenvalue weighted by molar-refractivity contribution is 5.72. The molecule has 2 aliphatic heterocycles. The van der Waals surface area contributed by atoms with Crippen LogP contribution in [0, 0.1) is 17.8 Å². The molecule has 232 valence electrons. The van der Waals surface area contributed by atoms with E-state index in [2.05, 4.69) is 13.0 Å². The lowest BCUT2D eigenvalue weighted by Crippen LogP contribution is -2.42. The summed E-state index contributed by atoms with van der Waals surface area (Å²) in [6, 6.07) is 0. The van der Waals surface area contributed by atoms with Crippen LogP contribution in [0.2, 0.25) is 0 Å². The second kappa shape index (κ2) is 15.7. The number of hydrogen-bond acceptors (Lipinski definition) is 9. The van der Waals surface area contributed by atoms with E-state index in [-0.39, 0.29) is 55.3 Å². The monoisotopic (exact) mass is 578 g/mol. The highest BCUT2D eigenvalue weighted by atomic mass is 16.6. The summed E-state index contributed by atoms with van der Waals surface area (Å²) in [6.45, 7) is 13.9. The molecule has 10 atom stereocenters. The fourth-order valence-corrected chi connectivity index (χ4v) is 5.29. The Morgan fingerprint density at radius 2 is 1.83 bits per heavy atom. The number of epoxide rings is 1. The SMILES string of the molecule is CCC(O)C(C)C1OC1CC(C)/C=C/C=C(\C)C1OC(=O)CC(OC(C)=O)CCC(C)(O)C(OC(C)=O)/C=C\C1C. The molecule has 0 spiro atoms. The van der Waals surface area contributed by atoms with E-state index in [4.69, 9.17) is 18.9 Å². The number of esters is 3. The number of aliphatic hydroxyl groups excluding tert-OH is 1.